The highest BCUT2D eigenvalue weighted by Crippen LogP contribution is 2.12. The number of nitrogens with zero attached hydrogens (tertiary/aromatic N) is 1. The van der Waals surface area contributed by atoms with Crippen LogP contribution in [0.2, 0.25) is 0 Å². The molecular formula is C14H17NO. The first-order chi connectivity index (χ1) is 7.74. The monoisotopic (exact) mass is 215 g/mol. The first-order valence-electron chi connectivity index (χ1n) is 5.55. The van der Waals surface area contributed by atoms with Crippen LogP contribution in [0.5, 0.6) is 0 Å². The molecule has 84 valence electrons. The number of aryl methyl sites for hydroxylation is 1. The van der Waals surface area contributed by atoms with Crippen molar-refractivity contribution in [3.05, 3.63) is 35.4 Å². The van der Waals surface area contributed by atoms with Gasteiger partial charge >= 0.3 is 0 Å². The van der Waals surface area contributed by atoms with Crippen LogP contribution in [0.1, 0.15) is 29.8 Å². The summed E-state index contributed by atoms with van der Waals surface area (Å²) in [4.78, 5) is 13.9. The third-order valence-electron chi connectivity index (χ3n) is 2.58. The van der Waals surface area contributed by atoms with Crippen molar-refractivity contribution in [2.75, 3.05) is 13.1 Å². The Morgan fingerprint density at radius 3 is 2.62 bits per heavy atom. The first kappa shape index (κ1) is 12.3. The van der Waals surface area contributed by atoms with Crippen LogP contribution in [0.25, 0.3) is 0 Å². The summed E-state index contributed by atoms with van der Waals surface area (Å²) in [6.45, 7) is 4.99. The van der Waals surface area contributed by atoms with Crippen LogP contribution in [0.3, 0.4) is 0 Å². The molecule has 0 aliphatic rings. The minimum Gasteiger partial charge on any atom is -0.328 e. The van der Waals surface area contributed by atoms with Gasteiger partial charge in [0.2, 0.25) is 0 Å². The molecule has 0 N–H and O–H groups in total. The average molecular weight is 215 g/mol. The minimum atomic E-state index is 0.0258. The summed E-state index contributed by atoms with van der Waals surface area (Å²) < 4.78 is 0. The minimum absolute atomic E-state index is 0.0258. The Morgan fingerprint density at radius 1 is 1.38 bits per heavy atom. The van der Waals surface area contributed by atoms with Gasteiger partial charge in [-0.05, 0) is 25.0 Å². The van der Waals surface area contributed by atoms with Gasteiger partial charge in [-0.3, -0.25) is 4.79 Å². The number of carbonyl (C=O) groups is 1. The lowest BCUT2D eigenvalue weighted by atomic mass is 10.0. The van der Waals surface area contributed by atoms with Crippen LogP contribution in [0.15, 0.2) is 24.3 Å². The standard InChI is InChI=1S/C14H17NO/c1-4-11-15(6-3)14(16)13-10-8-7-9-12(13)5-2/h1,7-10H,5-6,11H2,2-3H3. The van der Waals surface area contributed by atoms with Gasteiger partial charge in [0.25, 0.3) is 5.91 Å². The fourth-order valence-corrected chi connectivity index (χ4v) is 1.64. The van der Waals surface area contributed by atoms with Crippen molar-refractivity contribution >= 4 is 5.91 Å². The lowest BCUT2D eigenvalue weighted by molar-refractivity contribution is 0.0784. The van der Waals surface area contributed by atoms with Crippen LogP contribution < -0.4 is 0 Å². The summed E-state index contributed by atoms with van der Waals surface area (Å²) in [7, 11) is 0. The molecule has 1 rings (SSSR count). The van der Waals surface area contributed by atoms with Crippen LogP contribution in [-0.2, 0) is 6.42 Å². The Balaban J connectivity index is 2.99. The van der Waals surface area contributed by atoms with Crippen molar-refractivity contribution in [1.29, 1.82) is 0 Å². The lowest BCUT2D eigenvalue weighted by Gasteiger charge is -2.19. The number of rotatable bonds is 4. The molecule has 0 aliphatic carbocycles. The van der Waals surface area contributed by atoms with Crippen molar-refractivity contribution < 1.29 is 4.79 Å². The zero-order valence-electron chi connectivity index (χ0n) is 9.86. The van der Waals surface area contributed by atoms with Gasteiger partial charge in [0.1, 0.15) is 0 Å². The number of terminal acetylenes is 1. The third-order valence-corrected chi connectivity index (χ3v) is 2.58. The van der Waals surface area contributed by atoms with Crippen molar-refractivity contribution in [1.82, 2.24) is 4.90 Å². The van der Waals surface area contributed by atoms with E-state index in [-0.39, 0.29) is 5.91 Å². The van der Waals surface area contributed by atoms with E-state index in [4.69, 9.17) is 6.42 Å². The van der Waals surface area contributed by atoms with Gasteiger partial charge in [-0.2, -0.15) is 0 Å². The van der Waals surface area contributed by atoms with Crippen LogP contribution >= 0.6 is 0 Å². The maximum atomic E-state index is 12.2. The molecule has 0 atom stereocenters. The van der Waals surface area contributed by atoms with Crippen LogP contribution in [0.4, 0.5) is 0 Å². The molecule has 0 bridgehead atoms. The number of hydrogen-bond acceptors (Lipinski definition) is 1. The molecule has 1 aromatic carbocycles. The third kappa shape index (κ3) is 2.64. The van der Waals surface area contributed by atoms with E-state index in [0.717, 1.165) is 17.5 Å². The summed E-state index contributed by atoms with van der Waals surface area (Å²) in [5.74, 6) is 2.54. The molecular weight excluding hydrogens is 198 g/mol. The van der Waals surface area contributed by atoms with Crippen molar-refractivity contribution in [3.63, 3.8) is 0 Å². The maximum absolute atomic E-state index is 12.2. The molecule has 2 heteroatoms. The summed E-state index contributed by atoms with van der Waals surface area (Å²) in [6.07, 6.45) is 6.10. The van der Waals surface area contributed by atoms with Gasteiger partial charge in [-0.1, -0.05) is 31.0 Å². The van der Waals surface area contributed by atoms with E-state index in [0.29, 0.717) is 13.1 Å². The van der Waals surface area contributed by atoms with Gasteiger partial charge in [0.15, 0.2) is 0 Å². The van der Waals surface area contributed by atoms with Crippen LogP contribution in [-0.4, -0.2) is 23.9 Å². The second kappa shape index (κ2) is 5.97. The molecule has 0 aliphatic heterocycles. The lowest BCUT2D eigenvalue weighted by Crippen LogP contribution is -2.31. The van der Waals surface area contributed by atoms with E-state index in [1.54, 1.807) is 4.90 Å². The zero-order valence-corrected chi connectivity index (χ0v) is 9.86. The van der Waals surface area contributed by atoms with E-state index < -0.39 is 0 Å². The number of benzene rings is 1. The topological polar surface area (TPSA) is 20.3 Å². The van der Waals surface area contributed by atoms with E-state index in [2.05, 4.69) is 5.92 Å². The predicted molar refractivity (Wildman–Crippen MR) is 66.2 cm³/mol. The average Bonchev–Trinajstić information content (AvgIpc) is 2.35. The number of hydrogen-bond donors (Lipinski definition) is 0. The van der Waals surface area contributed by atoms with Crippen LogP contribution in [0, 0.1) is 12.3 Å². The molecule has 0 heterocycles. The maximum Gasteiger partial charge on any atom is 0.254 e. The summed E-state index contributed by atoms with van der Waals surface area (Å²) in [6, 6.07) is 7.68. The Bertz CT molecular complexity index is 403. The van der Waals surface area contributed by atoms with E-state index in [1.165, 1.54) is 0 Å². The molecule has 1 amide bonds. The van der Waals surface area contributed by atoms with Gasteiger partial charge in [0.05, 0.1) is 6.54 Å². The fraction of sp³-hybridized carbons (Fsp3) is 0.357. The molecule has 2 nitrogen and oxygen atoms in total. The number of carbonyl (C=O) groups excluding carboxylic acids is 1. The highest BCUT2D eigenvalue weighted by molar-refractivity contribution is 5.95. The van der Waals surface area contributed by atoms with Gasteiger partial charge in [0, 0.05) is 12.1 Å². The molecule has 16 heavy (non-hydrogen) atoms. The SMILES string of the molecule is C#CCN(CC)C(=O)c1ccccc1CC. The molecule has 0 aromatic heterocycles. The zero-order chi connectivity index (χ0) is 12.0. The van der Waals surface area contributed by atoms with Gasteiger partial charge in [-0.15, -0.1) is 6.42 Å². The molecule has 0 unspecified atom stereocenters. The second-order valence-corrected chi connectivity index (χ2v) is 3.53. The summed E-state index contributed by atoms with van der Waals surface area (Å²) in [5.41, 5.74) is 1.84. The molecule has 0 spiro atoms. The molecule has 0 saturated heterocycles. The summed E-state index contributed by atoms with van der Waals surface area (Å²) >= 11 is 0. The second-order valence-electron chi connectivity index (χ2n) is 3.53. The normalized spacial score (nSPS) is 9.56. The van der Waals surface area contributed by atoms with Crippen molar-refractivity contribution in [2.45, 2.75) is 20.3 Å². The molecule has 0 fully saturated rings. The Hall–Kier alpha value is -1.75. The van der Waals surface area contributed by atoms with Crippen molar-refractivity contribution in [2.24, 2.45) is 0 Å². The first-order valence-corrected chi connectivity index (χ1v) is 5.55. The van der Waals surface area contributed by atoms with E-state index in [1.807, 2.05) is 38.1 Å². The quantitative estimate of drug-likeness (QED) is 0.706. The highest BCUT2D eigenvalue weighted by atomic mass is 16.2. The Kier molecular flexibility index (Phi) is 4.60. The Labute approximate surface area is 97.3 Å². The highest BCUT2D eigenvalue weighted by Gasteiger charge is 2.15. The van der Waals surface area contributed by atoms with E-state index >= 15 is 0 Å². The molecule has 1 aromatic rings. The summed E-state index contributed by atoms with van der Waals surface area (Å²) in [5, 5.41) is 0. The smallest absolute Gasteiger partial charge is 0.254 e. The largest absolute Gasteiger partial charge is 0.328 e. The van der Waals surface area contributed by atoms with Crippen molar-refractivity contribution in [3.8, 4) is 12.3 Å². The molecule has 0 saturated carbocycles. The fourth-order valence-electron chi connectivity index (χ4n) is 1.64. The van der Waals surface area contributed by atoms with E-state index in [9.17, 15) is 4.79 Å². The predicted octanol–water partition coefficient (Wildman–Crippen LogP) is 2.34. The van der Waals surface area contributed by atoms with Gasteiger partial charge < -0.3 is 4.90 Å². The Morgan fingerprint density at radius 2 is 2.06 bits per heavy atom. The molecule has 0 radical (unpaired) electrons. The van der Waals surface area contributed by atoms with Gasteiger partial charge in [-0.25, -0.2) is 0 Å². The number of amides is 1.